The molecule has 0 saturated carbocycles. The van der Waals surface area contributed by atoms with Crippen LogP contribution in [0.3, 0.4) is 0 Å². The Balaban J connectivity index is 2.68. The first-order chi connectivity index (χ1) is 5.29. The number of aromatic hydroxyl groups is 1. The molecule has 4 heteroatoms. The first-order valence-corrected chi connectivity index (χ1v) is 4.88. The molecule has 1 aliphatic heterocycles. The molecule has 0 amide bonds. The fraction of sp³-hybridized carbons (Fsp3) is 0.143. The van der Waals surface area contributed by atoms with E-state index in [4.69, 9.17) is 4.74 Å². The number of hydrogen-bond donors (Lipinski definition) is 1. The molecule has 1 heterocycles. The molecule has 0 spiro atoms. The summed E-state index contributed by atoms with van der Waals surface area (Å²) in [5.74, 6) is 0.651. The summed E-state index contributed by atoms with van der Waals surface area (Å²) >= 11 is 0. The van der Waals surface area contributed by atoms with Crippen molar-refractivity contribution in [3.05, 3.63) is 18.2 Å². The highest BCUT2D eigenvalue weighted by molar-refractivity contribution is 7.54. The van der Waals surface area contributed by atoms with Crippen molar-refractivity contribution in [1.82, 2.24) is 0 Å². The first kappa shape index (κ1) is 6.74. The van der Waals surface area contributed by atoms with Crippen molar-refractivity contribution in [3.8, 4) is 11.5 Å². The van der Waals surface area contributed by atoms with Gasteiger partial charge in [-0.15, -0.1) is 0 Å². The fourth-order valence-corrected chi connectivity index (χ4v) is 2.37. The largest absolute Gasteiger partial charge is 0.507 e. The van der Waals surface area contributed by atoms with E-state index in [0.29, 0.717) is 11.1 Å². The first-order valence-electron chi connectivity index (χ1n) is 3.27. The Kier molecular flexibility index (Phi) is 1.40. The van der Waals surface area contributed by atoms with Gasteiger partial charge in [-0.3, -0.25) is 0 Å². The monoisotopic (exact) mass is 170 g/mol. The fourth-order valence-electron chi connectivity index (χ4n) is 1.14. The van der Waals surface area contributed by atoms with Crippen molar-refractivity contribution < 1.29 is 14.4 Å². The van der Waals surface area contributed by atoms with E-state index in [2.05, 4.69) is 0 Å². The van der Waals surface area contributed by atoms with Crippen LogP contribution >= 0.6 is 7.80 Å². The summed E-state index contributed by atoms with van der Waals surface area (Å²) in [4.78, 5) is 0. The maximum atomic E-state index is 11.2. The van der Waals surface area contributed by atoms with Gasteiger partial charge in [-0.1, -0.05) is 6.07 Å². The minimum atomic E-state index is -1.87. The Morgan fingerprint density at radius 2 is 2.36 bits per heavy atom. The summed E-state index contributed by atoms with van der Waals surface area (Å²) in [7, 11) is -1.87. The highest BCUT2D eigenvalue weighted by Gasteiger charge is 2.22. The topological polar surface area (TPSA) is 46.5 Å². The van der Waals surface area contributed by atoms with Crippen molar-refractivity contribution in [2.24, 2.45) is 0 Å². The molecule has 0 bridgehead atoms. The van der Waals surface area contributed by atoms with Gasteiger partial charge in [-0.25, -0.2) is 0 Å². The zero-order chi connectivity index (χ0) is 7.84. The standard InChI is InChI=1S/C7H7O3P/c8-5-2-1-3-6-7(5)11(9)4-10-6/h1-3,8,11H,4H2. The number of ether oxygens (including phenoxy) is 1. The molecule has 2 rings (SSSR count). The van der Waals surface area contributed by atoms with Crippen LogP contribution in [0.25, 0.3) is 0 Å². The average molecular weight is 170 g/mol. The van der Waals surface area contributed by atoms with Gasteiger partial charge >= 0.3 is 0 Å². The third kappa shape index (κ3) is 0.925. The third-order valence-electron chi connectivity index (χ3n) is 1.64. The van der Waals surface area contributed by atoms with Crippen molar-refractivity contribution in [2.45, 2.75) is 0 Å². The molecule has 1 N–H and O–H groups in total. The molecule has 58 valence electrons. The van der Waals surface area contributed by atoms with Gasteiger partial charge in [0.05, 0.1) is 5.30 Å². The molecule has 0 saturated heterocycles. The number of benzene rings is 1. The molecule has 1 aromatic rings. The Bertz CT molecular complexity index is 321. The van der Waals surface area contributed by atoms with E-state index in [9.17, 15) is 9.67 Å². The third-order valence-corrected chi connectivity index (χ3v) is 3.11. The van der Waals surface area contributed by atoms with E-state index >= 15 is 0 Å². The van der Waals surface area contributed by atoms with Gasteiger partial charge in [0, 0.05) is 0 Å². The average Bonchev–Trinajstić information content (AvgIpc) is 2.34. The van der Waals surface area contributed by atoms with Gasteiger partial charge in [-0.05, 0) is 12.1 Å². The van der Waals surface area contributed by atoms with E-state index in [-0.39, 0.29) is 12.1 Å². The Labute approximate surface area is 64.4 Å². The Hall–Kier alpha value is -0.950. The lowest BCUT2D eigenvalue weighted by Crippen LogP contribution is -1.92. The summed E-state index contributed by atoms with van der Waals surface area (Å²) in [5, 5.41) is 9.74. The lowest BCUT2D eigenvalue weighted by Gasteiger charge is -1.97. The van der Waals surface area contributed by atoms with Gasteiger partial charge in [-0.2, -0.15) is 0 Å². The van der Waals surface area contributed by atoms with Crippen LogP contribution in [0.4, 0.5) is 0 Å². The van der Waals surface area contributed by atoms with Crippen molar-refractivity contribution in [1.29, 1.82) is 0 Å². The van der Waals surface area contributed by atoms with Crippen LogP contribution in [0.5, 0.6) is 11.5 Å². The maximum Gasteiger partial charge on any atom is 0.147 e. The van der Waals surface area contributed by atoms with Crippen LogP contribution in [-0.2, 0) is 4.57 Å². The van der Waals surface area contributed by atoms with Crippen LogP contribution in [0.15, 0.2) is 18.2 Å². The number of rotatable bonds is 0. The lowest BCUT2D eigenvalue weighted by atomic mass is 10.3. The second-order valence-electron chi connectivity index (χ2n) is 2.36. The van der Waals surface area contributed by atoms with Crippen molar-refractivity contribution >= 4 is 13.1 Å². The second-order valence-corrected chi connectivity index (χ2v) is 4.00. The van der Waals surface area contributed by atoms with E-state index in [1.165, 1.54) is 6.07 Å². The number of fused-ring (bicyclic) bond motifs is 1. The molecule has 0 radical (unpaired) electrons. The molecule has 11 heavy (non-hydrogen) atoms. The summed E-state index contributed by atoms with van der Waals surface area (Å²) < 4.78 is 16.3. The van der Waals surface area contributed by atoms with Gasteiger partial charge in [0.1, 0.15) is 25.6 Å². The van der Waals surface area contributed by atoms with Crippen molar-refractivity contribution in [3.63, 3.8) is 0 Å². The molecule has 0 fully saturated rings. The van der Waals surface area contributed by atoms with Gasteiger partial charge in [0.2, 0.25) is 0 Å². The van der Waals surface area contributed by atoms with Crippen LogP contribution in [-0.4, -0.2) is 11.5 Å². The summed E-state index contributed by atoms with van der Waals surface area (Å²) in [5.41, 5.74) is 0. The van der Waals surface area contributed by atoms with E-state index in [0.717, 1.165) is 0 Å². The van der Waals surface area contributed by atoms with E-state index in [1.54, 1.807) is 12.1 Å². The minimum absolute atomic E-state index is 0.0869. The molecular formula is C7H7O3P. The normalized spacial score (nSPS) is 20.9. The SMILES string of the molecule is O=[PH]1COc2cccc(O)c21. The molecule has 1 aliphatic rings. The smallest absolute Gasteiger partial charge is 0.147 e. The van der Waals surface area contributed by atoms with Gasteiger partial charge in [0.15, 0.2) is 0 Å². The molecular weight excluding hydrogens is 163 g/mol. The van der Waals surface area contributed by atoms with Gasteiger partial charge < -0.3 is 14.4 Å². The maximum absolute atomic E-state index is 11.2. The van der Waals surface area contributed by atoms with Crippen LogP contribution < -0.4 is 10.0 Å². The minimum Gasteiger partial charge on any atom is -0.507 e. The number of phenolic OH excluding ortho intramolecular Hbond substituents is 1. The van der Waals surface area contributed by atoms with Crippen LogP contribution in [0.1, 0.15) is 0 Å². The molecule has 1 aromatic carbocycles. The second kappa shape index (κ2) is 2.28. The predicted molar refractivity (Wildman–Crippen MR) is 42.2 cm³/mol. The summed E-state index contributed by atoms with van der Waals surface area (Å²) in [6, 6.07) is 4.91. The molecule has 0 aliphatic carbocycles. The highest BCUT2D eigenvalue weighted by atomic mass is 31.1. The molecule has 0 aromatic heterocycles. The van der Waals surface area contributed by atoms with Crippen LogP contribution in [0, 0.1) is 0 Å². The Morgan fingerprint density at radius 1 is 1.55 bits per heavy atom. The van der Waals surface area contributed by atoms with Crippen LogP contribution in [0.2, 0.25) is 0 Å². The predicted octanol–water partition coefficient (Wildman–Crippen LogP) is 0.927. The molecule has 3 nitrogen and oxygen atoms in total. The quantitative estimate of drug-likeness (QED) is 0.589. The number of hydrogen-bond acceptors (Lipinski definition) is 3. The summed E-state index contributed by atoms with van der Waals surface area (Å²) in [6.45, 7) is 0. The number of phenols is 1. The van der Waals surface area contributed by atoms with Crippen molar-refractivity contribution in [2.75, 3.05) is 6.35 Å². The van der Waals surface area contributed by atoms with E-state index < -0.39 is 7.80 Å². The van der Waals surface area contributed by atoms with E-state index in [1.807, 2.05) is 0 Å². The zero-order valence-corrected chi connectivity index (χ0v) is 6.70. The van der Waals surface area contributed by atoms with Gasteiger partial charge in [0.25, 0.3) is 0 Å². The zero-order valence-electron chi connectivity index (χ0n) is 5.70. The lowest BCUT2D eigenvalue weighted by molar-refractivity contribution is 0.395. The highest BCUT2D eigenvalue weighted by Crippen LogP contribution is 2.37. The Morgan fingerprint density at radius 3 is 3.09 bits per heavy atom. The molecule has 1 unspecified atom stereocenters. The summed E-state index contributed by atoms with van der Waals surface area (Å²) in [6.07, 6.45) is 0.234. The molecule has 1 atom stereocenters.